The molecule has 3 nitrogen and oxygen atoms in total. The molecule has 0 atom stereocenters. The van der Waals surface area contributed by atoms with Crippen LogP contribution in [0.2, 0.25) is 0 Å². The van der Waals surface area contributed by atoms with Crippen molar-refractivity contribution in [1.82, 2.24) is 9.97 Å². The van der Waals surface area contributed by atoms with Crippen LogP contribution in [0.1, 0.15) is 5.56 Å². The van der Waals surface area contributed by atoms with Crippen molar-refractivity contribution in [2.75, 3.05) is 11.4 Å². The zero-order valence-electron chi connectivity index (χ0n) is 12.1. The summed E-state index contributed by atoms with van der Waals surface area (Å²) in [4.78, 5) is 10.7. The lowest BCUT2D eigenvalue weighted by atomic mass is 10.0. The normalized spacial score (nSPS) is 14.2. The van der Waals surface area contributed by atoms with Crippen LogP contribution in [0.15, 0.2) is 79.4 Å². The highest BCUT2D eigenvalue weighted by molar-refractivity contribution is 5.83. The van der Waals surface area contributed by atoms with Gasteiger partial charge in [-0.05, 0) is 53.6 Å². The van der Waals surface area contributed by atoms with Crippen molar-refractivity contribution in [3.63, 3.8) is 0 Å². The number of nitrogens with zero attached hydrogens (tertiary/aromatic N) is 3. The maximum atomic E-state index is 4.36. The summed E-state index contributed by atoms with van der Waals surface area (Å²) in [5, 5.41) is 1.16. The van der Waals surface area contributed by atoms with Crippen LogP contribution in [0.5, 0.6) is 0 Å². The van der Waals surface area contributed by atoms with Crippen molar-refractivity contribution >= 4 is 22.2 Å². The van der Waals surface area contributed by atoms with Gasteiger partial charge in [-0.1, -0.05) is 12.1 Å². The fourth-order valence-electron chi connectivity index (χ4n) is 2.69. The molecule has 0 saturated heterocycles. The smallest absolute Gasteiger partial charge is 0.0703 e. The van der Waals surface area contributed by atoms with Gasteiger partial charge in [0, 0.05) is 42.4 Å². The molecule has 0 spiro atoms. The van der Waals surface area contributed by atoms with Crippen molar-refractivity contribution in [2.24, 2.45) is 0 Å². The second-order valence-electron chi connectivity index (χ2n) is 5.24. The Morgan fingerprint density at radius 2 is 1.86 bits per heavy atom. The molecular weight excluding hydrogens is 270 g/mol. The number of allylic oxidation sites excluding steroid dienone is 2. The zero-order chi connectivity index (χ0) is 14.8. The maximum Gasteiger partial charge on any atom is 0.0703 e. The second-order valence-corrected chi connectivity index (χ2v) is 5.24. The molecule has 106 valence electrons. The molecule has 2 aromatic heterocycles. The molecule has 0 fully saturated rings. The maximum absolute atomic E-state index is 4.36. The Bertz CT molecular complexity index is 866. The van der Waals surface area contributed by atoms with Crippen LogP contribution in [0.3, 0.4) is 0 Å². The van der Waals surface area contributed by atoms with E-state index in [0.29, 0.717) is 0 Å². The third-order valence-electron chi connectivity index (χ3n) is 3.87. The van der Waals surface area contributed by atoms with Gasteiger partial charge in [0.25, 0.3) is 0 Å². The van der Waals surface area contributed by atoms with E-state index in [0.717, 1.165) is 17.4 Å². The molecule has 3 aromatic rings. The van der Waals surface area contributed by atoms with Gasteiger partial charge in [-0.25, -0.2) is 0 Å². The van der Waals surface area contributed by atoms with E-state index in [4.69, 9.17) is 0 Å². The molecule has 0 aliphatic carbocycles. The van der Waals surface area contributed by atoms with Gasteiger partial charge in [0.15, 0.2) is 0 Å². The Morgan fingerprint density at radius 3 is 2.68 bits per heavy atom. The van der Waals surface area contributed by atoms with Gasteiger partial charge >= 0.3 is 0 Å². The van der Waals surface area contributed by atoms with Crippen LogP contribution in [-0.4, -0.2) is 16.5 Å². The lowest BCUT2D eigenvalue weighted by molar-refractivity contribution is 1.08. The minimum atomic E-state index is 0.861. The molecule has 1 aromatic carbocycles. The SMILES string of the molecule is C1=CN(c2ccc3ncccc3c2)CC=C1c1ccncc1. The number of aromatic nitrogens is 2. The van der Waals surface area contributed by atoms with Crippen LogP contribution in [0, 0.1) is 0 Å². The molecule has 3 heteroatoms. The van der Waals surface area contributed by atoms with E-state index in [1.165, 1.54) is 16.8 Å². The average molecular weight is 285 g/mol. The summed E-state index contributed by atoms with van der Waals surface area (Å²) in [6.07, 6.45) is 12.0. The van der Waals surface area contributed by atoms with Crippen LogP contribution in [-0.2, 0) is 0 Å². The van der Waals surface area contributed by atoms with Crippen LogP contribution in [0.25, 0.3) is 16.5 Å². The second kappa shape index (κ2) is 5.45. The third kappa shape index (κ3) is 2.37. The number of hydrogen-bond acceptors (Lipinski definition) is 3. The summed E-state index contributed by atoms with van der Waals surface area (Å²) in [7, 11) is 0. The highest BCUT2D eigenvalue weighted by Gasteiger charge is 2.09. The molecule has 0 saturated carbocycles. The summed E-state index contributed by atoms with van der Waals surface area (Å²) < 4.78 is 0. The molecule has 1 aliphatic rings. The lowest BCUT2D eigenvalue weighted by Gasteiger charge is -2.23. The molecule has 0 bridgehead atoms. The number of fused-ring (bicyclic) bond motifs is 1. The first-order valence-corrected chi connectivity index (χ1v) is 7.30. The molecular formula is C19H15N3. The van der Waals surface area contributed by atoms with E-state index < -0.39 is 0 Å². The first-order chi connectivity index (χ1) is 10.9. The zero-order valence-corrected chi connectivity index (χ0v) is 12.1. The van der Waals surface area contributed by atoms with Crippen molar-refractivity contribution in [2.45, 2.75) is 0 Å². The van der Waals surface area contributed by atoms with Crippen LogP contribution >= 0.6 is 0 Å². The predicted octanol–water partition coefficient (Wildman–Crippen LogP) is 4.05. The minimum absolute atomic E-state index is 0.861. The molecule has 3 heterocycles. The summed E-state index contributed by atoms with van der Waals surface area (Å²) >= 11 is 0. The van der Waals surface area contributed by atoms with Gasteiger partial charge in [0.05, 0.1) is 5.52 Å². The fourth-order valence-corrected chi connectivity index (χ4v) is 2.69. The summed E-state index contributed by atoms with van der Waals surface area (Å²) in [5.74, 6) is 0. The van der Waals surface area contributed by atoms with Crippen molar-refractivity contribution in [3.8, 4) is 0 Å². The van der Waals surface area contributed by atoms with E-state index in [2.05, 4.69) is 57.5 Å². The summed E-state index contributed by atoms with van der Waals surface area (Å²) in [5.41, 5.74) is 4.65. The number of anilines is 1. The van der Waals surface area contributed by atoms with E-state index in [9.17, 15) is 0 Å². The number of rotatable bonds is 2. The highest BCUT2D eigenvalue weighted by atomic mass is 15.1. The predicted molar refractivity (Wildman–Crippen MR) is 90.4 cm³/mol. The van der Waals surface area contributed by atoms with Crippen molar-refractivity contribution < 1.29 is 0 Å². The van der Waals surface area contributed by atoms with E-state index >= 15 is 0 Å². The number of hydrogen-bond donors (Lipinski definition) is 0. The van der Waals surface area contributed by atoms with Gasteiger partial charge in [-0.3, -0.25) is 9.97 Å². The molecule has 1 aliphatic heterocycles. The van der Waals surface area contributed by atoms with Gasteiger partial charge in [-0.2, -0.15) is 0 Å². The standard InChI is InChI=1S/C19H15N3/c1-2-17-14-18(3-4-19(17)21-9-1)22-12-7-16(8-13-22)15-5-10-20-11-6-15/h1-12,14H,13H2. The van der Waals surface area contributed by atoms with Crippen LogP contribution < -0.4 is 4.90 Å². The summed E-state index contributed by atoms with van der Waals surface area (Å²) in [6, 6.07) is 14.5. The van der Waals surface area contributed by atoms with E-state index in [1.807, 2.05) is 36.8 Å². The Morgan fingerprint density at radius 1 is 0.955 bits per heavy atom. The quantitative estimate of drug-likeness (QED) is 0.711. The molecule has 0 N–H and O–H groups in total. The lowest BCUT2D eigenvalue weighted by Crippen LogP contribution is -2.18. The topological polar surface area (TPSA) is 29.0 Å². The molecule has 4 rings (SSSR count). The molecule has 0 unspecified atom stereocenters. The Labute approximate surface area is 129 Å². The van der Waals surface area contributed by atoms with Gasteiger partial charge in [0.2, 0.25) is 0 Å². The largest absolute Gasteiger partial charge is 0.344 e. The fraction of sp³-hybridized carbons (Fsp3) is 0.0526. The van der Waals surface area contributed by atoms with Gasteiger partial charge in [-0.15, -0.1) is 0 Å². The third-order valence-corrected chi connectivity index (χ3v) is 3.87. The van der Waals surface area contributed by atoms with Gasteiger partial charge < -0.3 is 4.90 Å². The molecule has 22 heavy (non-hydrogen) atoms. The number of pyridine rings is 2. The highest BCUT2D eigenvalue weighted by Crippen LogP contribution is 2.25. The number of benzene rings is 1. The summed E-state index contributed by atoms with van der Waals surface area (Å²) in [6.45, 7) is 0.861. The molecule has 0 amide bonds. The molecule has 0 radical (unpaired) electrons. The Balaban J connectivity index is 1.60. The van der Waals surface area contributed by atoms with Crippen LogP contribution in [0.4, 0.5) is 5.69 Å². The van der Waals surface area contributed by atoms with Crippen molar-refractivity contribution in [3.05, 3.63) is 85.0 Å². The monoisotopic (exact) mass is 285 g/mol. The van der Waals surface area contributed by atoms with E-state index in [-0.39, 0.29) is 0 Å². The average Bonchev–Trinajstić information content (AvgIpc) is 2.62. The first kappa shape index (κ1) is 12.8. The van der Waals surface area contributed by atoms with Gasteiger partial charge in [0.1, 0.15) is 0 Å². The Kier molecular flexibility index (Phi) is 3.16. The van der Waals surface area contributed by atoms with Crippen molar-refractivity contribution in [1.29, 1.82) is 0 Å². The minimum Gasteiger partial charge on any atom is -0.344 e. The Hall–Kier alpha value is -2.94. The first-order valence-electron chi connectivity index (χ1n) is 7.30. The van der Waals surface area contributed by atoms with E-state index in [1.54, 1.807) is 0 Å².